The Hall–Kier alpha value is -2.05. The number of ketones is 1. The van der Waals surface area contributed by atoms with Gasteiger partial charge in [-0.3, -0.25) is 4.79 Å². The van der Waals surface area contributed by atoms with E-state index in [-0.39, 0.29) is 18.4 Å². The largest absolute Gasteiger partial charge is 0.346 e. The predicted octanol–water partition coefficient (Wildman–Crippen LogP) is 3.01. The lowest BCUT2D eigenvalue weighted by atomic mass is 9.99. The van der Waals surface area contributed by atoms with Crippen LogP contribution in [0.1, 0.15) is 39.6 Å². The van der Waals surface area contributed by atoms with Gasteiger partial charge in [-0.05, 0) is 12.1 Å². The smallest absolute Gasteiger partial charge is 0.193 e. The molecule has 0 radical (unpaired) electrons. The maximum absolute atomic E-state index is 12.8. The summed E-state index contributed by atoms with van der Waals surface area (Å²) in [6.07, 6.45) is -0.770. The summed E-state index contributed by atoms with van der Waals surface area (Å²) in [4.78, 5) is 12.8. The fourth-order valence-corrected chi connectivity index (χ4v) is 2.92. The van der Waals surface area contributed by atoms with Crippen molar-refractivity contribution in [1.29, 1.82) is 0 Å². The first-order chi connectivity index (χ1) is 11.8. The van der Waals surface area contributed by atoms with E-state index in [1.165, 1.54) is 0 Å². The Morgan fingerprint density at radius 3 is 1.54 bits per heavy atom. The van der Waals surface area contributed by atoms with E-state index in [2.05, 4.69) is 0 Å². The van der Waals surface area contributed by atoms with E-state index in [1.807, 2.05) is 36.4 Å². The zero-order valence-electron chi connectivity index (χ0n) is 13.1. The summed E-state index contributed by atoms with van der Waals surface area (Å²) >= 11 is 0. The second-order valence-electron chi connectivity index (χ2n) is 5.73. The number of carbonyl (C=O) groups excluding carboxylic acids is 1. The number of rotatable bonds is 4. The van der Waals surface area contributed by atoms with E-state index >= 15 is 0 Å². The highest BCUT2D eigenvalue weighted by Crippen LogP contribution is 2.26. The van der Waals surface area contributed by atoms with Crippen LogP contribution in [0.25, 0.3) is 0 Å². The highest BCUT2D eigenvalue weighted by atomic mass is 16.7. The molecule has 2 aliphatic heterocycles. The van der Waals surface area contributed by atoms with Crippen LogP contribution in [-0.4, -0.2) is 32.2 Å². The average molecular weight is 326 g/mol. The molecule has 2 aliphatic rings. The molecule has 2 aromatic rings. The molecule has 0 aromatic heterocycles. The molecule has 2 heterocycles. The van der Waals surface area contributed by atoms with Gasteiger partial charge in [-0.2, -0.15) is 0 Å². The van der Waals surface area contributed by atoms with Crippen molar-refractivity contribution in [1.82, 2.24) is 0 Å². The van der Waals surface area contributed by atoms with Crippen LogP contribution in [0.2, 0.25) is 0 Å². The molecule has 0 aliphatic carbocycles. The third-order valence-electron chi connectivity index (χ3n) is 4.09. The van der Waals surface area contributed by atoms with Crippen molar-refractivity contribution in [2.24, 2.45) is 0 Å². The van der Waals surface area contributed by atoms with E-state index < -0.39 is 0 Å². The summed E-state index contributed by atoms with van der Waals surface area (Å²) in [7, 11) is 0. The summed E-state index contributed by atoms with van der Waals surface area (Å²) in [6.45, 7) is 2.30. The van der Waals surface area contributed by atoms with E-state index in [4.69, 9.17) is 18.9 Å². The van der Waals surface area contributed by atoms with Gasteiger partial charge in [0.05, 0.1) is 26.4 Å². The lowest BCUT2D eigenvalue weighted by Gasteiger charge is -2.12. The van der Waals surface area contributed by atoms with Gasteiger partial charge in [0.2, 0.25) is 0 Å². The maximum Gasteiger partial charge on any atom is 0.193 e. The predicted molar refractivity (Wildman–Crippen MR) is 85.6 cm³/mol. The van der Waals surface area contributed by atoms with Crippen LogP contribution < -0.4 is 0 Å². The van der Waals surface area contributed by atoms with Gasteiger partial charge in [0.1, 0.15) is 0 Å². The lowest BCUT2D eigenvalue weighted by molar-refractivity contribution is -0.0442. The van der Waals surface area contributed by atoms with Gasteiger partial charge < -0.3 is 18.9 Å². The summed E-state index contributed by atoms with van der Waals surface area (Å²) < 4.78 is 22.0. The highest BCUT2D eigenvalue weighted by Gasteiger charge is 2.21. The molecule has 0 amide bonds. The molecule has 0 atom stereocenters. The lowest BCUT2D eigenvalue weighted by Crippen LogP contribution is -2.06. The molecule has 2 aromatic carbocycles. The van der Waals surface area contributed by atoms with E-state index in [9.17, 15) is 4.79 Å². The van der Waals surface area contributed by atoms with Gasteiger partial charge in [-0.1, -0.05) is 36.4 Å². The molecular weight excluding hydrogens is 308 g/mol. The fourth-order valence-electron chi connectivity index (χ4n) is 2.92. The average Bonchev–Trinajstić information content (AvgIpc) is 3.35. The van der Waals surface area contributed by atoms with Crippen molar-refractivity contribution < 1.29 is 23.7 Å². The maximum atomic E-state index is 12.8. The molecule has 0 N–H and O–H groups in total. The SMILES string of the molecule is O=C(c1cccc(C2OCCO2)c1)c1cccc(C2OCCO2)c1. The molecule has 2 saturated heterocycles. The van der Waals surface area contributed by atoms with Crippen LogP contribution in [0.3, 0.4) is 0 Å². The summed E-state index contributed by atoms with van der Waals surface area (Å²) in [5.74, 6) is -0.0466. The number of hydrogen-bond acceptors (Lipinski definition) is 5. The molecule has 0 bridgehead atoms. The molecule has 5 nitrogen and oxygen atoms in total. The standard InChI is InChI=1S/C19H18O5/c20-17(13-3-1-5-15(11-13)18-21-7-8-22-18)14-4-2-6-16(12-14)19-23-9-10-24-19/h1-6,11-12,18-19H,7-10H2. The summed E-state index contributed by atoms with van der Waals surface area (Å²) in [6, 6.07) is 14.8. The zero-order valence-corrected chi connectivity index (χ0v) is 13.1. The number of carbonyl (C=O) groups is 1. The highest BCUT2D eigenvalue weighted by molar-refractivity contribution is 6.09. The monoisotopic (exact) mass is 326 g/mol. The Balaban J connectivity index is 1.59. The van der Waals surface area contributed by atoms with Gasteiger partial charge in [-0.25, -0.2) is 0 Å². The van der Waals surface area contributed by atoms with Crippen molar-refractivity contribution in [3.05, 3.63) is 70.8 Å². The van der Waals surface area contributed by atoms with Crippen molar-refractivity contribution in [2.45, 2.75) is 12.6 Å². The first kappa shape index (κ1) is 15.5. The van der Waals surface area contributed by atoms with Crippen molar-refractivity contribution >= 4 is 5.78 Å². The third-order valence-corrected chi connectivity index (χ3v) is 4.09. The minimum atomic E-state index is -0.385. The molecule has 4 rings (SSSR count). The molecule has 124 valence electrons. The minimum Gasteiger partial charge on any atom is -0.346 e. The van der Waals surface area contributed by atoms with E-state index in [1.54, 1.807) is 12.1 Å². The normalized spacial score (nSPS) is 19.0. The quantitative estimate of drug-likeness (QED) is 0.809. The molecular formula is C19H18O5. The third kappa shape index (κ3) is 3.12. The van der Waals surface area contributed by atoms with E-state index in [0.717, 1.165) is 11.1 Å². The topological polar surface area (TPSA) is 54.0 Å². The molecule has 0 spiro atoms. The molecule has 5 heteroatoms. The van der Waals surface area contributed by atoms with E-state index in [0.29, 0.717) is 37.6 Å². The van der Waals surface area contributed by atoms with Crippen molar-refractivity contribution in [3.8, 4) is 0 Å². The summed E-state index contributed by atoms with van der Waals surface area (Å²) in [5.41, 5.74) is 2.93. The van der Waals surface area contributed by atoms with Crippen LogP contribution in [0.5, 0.6) is 0 Å². The Morgan fingerprint density at radius 2 is 1.12 bits per heavy atom. The van der Waals surface area contributed by atoms with Gasteiger partial charge in [0.15, 0.2) is 18.4 Å². The zero-order chi connectivity index (χ0) is 16.4. The van der Waals surface area contributed by atoms with Gasteiger partial charge in [0.25, 0.3) is 0 Å². The Morgan fingerprint density at radius 1 is 0.708 bits per heavy atom. The Kier molecular flexibility index (Phi) is 4.40. The van der Waals surface area contributed by atoms with Crippen LogP contribution in [0, 0.1) is 0 Å². The summed E-state index contributed by atoms with van der Waals surface area (Å²) in [5, 5.41) is 0. The van der Waals surface area contributed by atoms with Crippen LogP contribution in [0.4, 0.5) is 0 Å². The number of benzene rings is 2. The first-order valence-corrected chi connectivity index (χ1v) is 8.02. The van der Waals surface area contributed by atoms with Gasteiger partial charge in [-0.15, -0.1) is 0 Å². The van der Waals surface area contributed by atoms with Crippen LogP contribution in [-0.2, 0) is 18.9 Å². The first-order valence-electron chi connectivity index (χ1n) is 8.02. The number of hydrogen-bond donors (Lipinski definition) is 0. The fraction of sp³-hybridized carbons (Fsp3) is 0.316. The Labute approximate surface area is 140 Å². The number of ether oxygens (including phenoxy) is 4. The molecule has 0 saturated carbocycles. The van der Waals surface area contributed by atoms with Crippen molar-refractivity contribution in [3.63, 3.8) is 0 Å². The second-order valence-corrected chi connectivity index (χ2v) is 5.73. The molecule has 2 fully saturated rings. The van der Waals surface area contributed by atoms with Gasteiger partial charge in [0, 0.05) is 22.3 Å². The van der Waals surface area contributed by atoms with Crippen molar-refractivity contribution in [2.75, 3.05) is 26.4 Å². The second kappa shape index (κ2) is 6.83. The molecule has 0 unspecified atom stereocenters. The molecule has 24 heavy (non-hydrogen) atoms. The Bertz CT molecular complexity index is 669. The van der Waals surface area contributed by atoms with Crippen LogP contribution in [0.15, 0.2) is 48.5 Å². The van der Waals surface area contributed by atoms with Gasteiger partial charge >= 0.3 is 0 Å². The van der Waals surface area contributed by atoms with Crippen LogP contribution >= 0.6 is 0 Å². The minimum absolute atomic E-state index is 0.0466.